The molecule has 2 aromatic rings. The van der Waals surface area contributed by atoms with Crippen LogP contribution in [0.5, 0.6) is 11.5 Å². The van der Waals surface area contributed by atoms with Gasteiger partial charge in [0.25, 0.3) is 0 Å². The number of allylic oxidation sites excluding steroid dienone is 1. The van der Waals surface area contributed by atoms with Crippen molar-refractivity contribution in [3.05, 3.63) is 76.8 Å². The molecule has 0 amide bonds. The minimum absolute atomic E-state index is 0.0673. The molecule has 0 bridgehead atoms. The van der Waals surface area contributed by atoms with Crippen molar-refractivity contribution in [3.8, 4) is 11.5 Å². The lowest BCUT2D eigenvalue weighted by Crippen LogP contribution is -2.42. The zero-order valence-electron chi connectivity index (χ0n) is 19.5. The van der Waals surface area contributed by atoms with Gasteiger partial charge in [0, 0.05) is 36.8 Å². The molecule has 3 heterocycles. The Labute approximate surface area is 206 Å². The number of hydrogen-bond donors (Lipinski definition) is 1. The van der Waals surface area contributed by atoms with E-state index >= 15 is 0 Å². The quantitative estimate of drug-likeness (QED) is 0.647. The van der Waals surface area contributed by atoms with Crippen LogP contribution in [0.3, 0.4) is 0 Å². The highest BCUT2D eigenvalue weighted by molar-refractivity contribution is 6.30. The van der Waals surface area contributed by atoms with Gasteiger partial charge in [0.1, 0.15) is 18.1 Å². The highest BCUT2D eigenvalue weighted by atomic mass is 35.5. The first-order valence-corrected chi connectivity index (χ1v) is 12.4. The number of benzene rings is 2. The third kappa shape index (κ3) is 4.65. The summed E-state index contributed by atoms with van der Waals surface area (Å²) in [5.41, 5.74) is 2.44. The second-order valence-electron chi connectivity index (χ2n) is 9.25. The van der Waals surface area contributed by atoms with Gasteiger partial charge in [-0.05, 0) is 60.7 Å². The number of fused-ring (bicyclic) bond motifs is 2. The van der Waals surface area contributed by atoms with E-state index in [-0.39, 0.29) is 12.0 Å². The van der Waals surface area contributed by atoms with Gasteiger partial charge in [0.15, 0.2) is 0 Å². The maximum atomic E-state index is 11.2. The molecule has 2 atom stereocenters. The number of hydrogen-bond acceptors (Lipinski definition) is 5. The highest BCUT2D eigenvalue weighted by Gasteiger charge is 2.34. The molecule has 5 nitrogen and oxygen atoms in total. The predicted octanol–water partition coefficient (Wildman–Crippen LogP) is 5.12. The molecule has 1 N–H and O–H groups in total. The standard InChI is InChI=1S/C28H31ClN2O3/c1-33-25-7-2-8-26-27(25)23(22-5-3-15-30-24(22)19-34-26)6-4-16-31-17-13-28(32,14-18-31)20-9-11-21(29)12-10-20/h2-3,5-12,15,22,24,32H,4,13-14,16-19H2,1H3. The molecule has 3 aliphatic heterocycles. The summed E-state index contributed by atoms with van der Waals surface area (Å²) in [4.78, 5) is 7.12. The lowest BCUT2D eigenvalue weighted by atomic mass is 9.84. The largest absolute Gasteiger partial charge is 0.496 e. The van der Waals surface area contributed by atoms with Crippen molar-refractivity contribution in [2.24, 2.45) is 10.9 Å². The number of rotatable bonds is 5. The highest BCUT2D eigenvalue weighted by Crippen LogP contribution is 2.43. The molecule has 2 unspecified atom stereocenters. The number of piperidine rings is 1. The number of dihydropyridines is 1. The number of aliphatic imine (C=N–C) groups is 1. The number of halogens is 1. The van der Waals surface area contributed by atoms with Crippen molar-refractivity contribution < 1.29 is 14.6 Å². The van der Waals surface area contributed by atoms with Crippen LogP contribution in [0.2, 0.25) is 5.02 Å². The number of ether oxygens (including phenoxy) is 2. The van der Waals surface area contributed by atoms with Crippen molar-refractivity contribution in [1.29, 1.82) is 0 Å². The van der Waals surface area contributed by atoms with Gasteiger partial charge in [-0.2, -0.15) is 0 Å². The molecule has 6 heteroatoms. The average Bonchev–Trinajstić information content (AvgIpc) is 3.03. The Balaban J connectivity index is 1.30. The van der Waals surface area contributed by atoms with E-state index < -0.39 is 5.60 Å². The Bertz CT molecular complexity index is 1100. The van der Waals surface area contributed by atoms with Gasteiger partial charge < -0.3 is 19.5 Å². The zero-order valence-corrected chi connectivity index (χ0v) is 20.2. The van der Waals surface area contributed by atoms with Crippen LogP contribution in [0.4, 0.5) is 0 Å². The molecule has 3 aliphatic rings. The third-order valence-electron chi connectivity index (χ3n) is 7.24. The fraction of sp³-hybridized carbons (Fsp3) is 0.393. The lowest BCUT2D eigenvalue weighted by Gasteiger charge is -2.38. The lowest BCUT2D eigenvalue weighted by molar-refractivity contribution is -0.0254. The first-order chi connectivity index (χ1) is 16.6. The molecular formula is C28H31ClN2O3. The zero-order chi connectivity index (χ0) is 23.5. The van der Waals surface area contributed by atoms with E-state index in [4.69, 9.17) is 21.1 Å². The van der Waals surface area contributed by atoms with Crippen molar-refractivity contribution in [3.63, 3.8) is 0 Å². The van der Waals surface area contributed by atoms with E-state index in [1.165, 1.54) is 5.57 Å². The number of methoxy groups -OCH3 is 1. The summed E-state index contributed by atoms with van der Waals surface area (Å²) in [5.74, 6) is 1.85. The average molecular weight is 479 g/mol. The van der Waals surface area contributed by atoms with Crippen LogP contribution < -0.4 is 9.47 Å². The topological polar surface area (TPSA) is 54.3 Å². The number of aliphatic hydroxyl groups is 1. The molecule has 0 spiro atoms. The second kappa shape index (κ2) is 9.95. The van der Waals surface area contributed by atoms with Crippen LogP contribution in [-0.2, 0) is 5.60 Å². The molecule has 34 heavy (non-hydrogen) atoms. The smallest absolute Gasteiger partial charge is 0.130 e. The SMILES string of the molecule is COc1cccc2c1C(=CCCN1CCC(O)(c3ccc(Cl)cc3)CC1)C1C=CC=NC1CO2. The Morgan fingerprint density at radius 3 is 2.76 bits per heavy atom. The maximum absolute atomic E-state index is 11.2. The normalized spacial score (nSPS) is 24.7. The number of likely N-dealkylation sites (tertiary alicyclic amines) is 1. The molecule has 178 valence electrons. The molecule has 0 radical (unpaired) electrons. The van der Waals surface area contributed by atoms with Crippen LogP contribution in [0.25, 0.3) is 5.57 Å². The maximum Gasteiger partial charge on any atom is 0.130 e. The minimum Gasteiger partial charge on any atom is -0.496 e. The van der Waals surface area contributed by atoms with Crippen LogP contribution in [0.1, 0.15) is 30.4 Å². The van der Waals surface area contributed by atoms with Crippen molar-refractivity contribution in [1.82, 2.24) is 4.90 Å². The summed E-state index contributed by atoms with van der Waals surface area (Å²) in [5, 5.41) is 11.9. The van der Waals surface area contributed by atoms with Gasteiger partial charge in [-0.3, -0.25) is 4.99 Å². The fourth-order valence-electron chi connectivity index (χ4n) is 5.27. The summed E-state index contributed by atoms with van der Waals surface area (Å²) in [6, 6.07) is 13.6. The Morgan fingerprint density at radius 2 is 2.00 bits per heavy atom. The fourth-order valence-corrected chi connectivity index (χ4v) is 5.40. The van der Waals surface area contributed by atoms with Crippen molar-refractivity contribution in [2.75, 3.05) is 33.4 Å². The van der Waals surface area contributed by atoms with Crippen LogP contribution in [0.15, 0.2) is 65.7 Å². The molecule has 0 saturated carbocycles. The molecule has 0 aliphatic carbocycles. The van der Waals surface area contributed by atoms with Gasteiger partial charge in [-0.25, -0.2) is 0 Å². The third-order valence-corrected chi connectivity index (χ3v) is 7.49. The second-order valence-corrected chi connectivity index (χ2v) is 9.69. The van der Waals surface area contributed by atoms with Crippen LogP contribution >= 0.6 is 11.6 Å². The van der Waals surface area contributed by atoms with E-state index in [9.17, 15) is 5.11 Å². The molecular weight excluding hydrogens is 448 g/mol. The van der Waals surface area contributed by atoms with Crippen LogP contribution in [-0.4, -0.2) is 55.6 Å². The van der Waals surface area contributed by atoms with Crippen molar-refractivity contribution in [2.45, 2.75) is 30.9 Å². The summed E-state index contributed by atoms with van der Waals surface area (Å²) in [6.45, 7) is 3.22. The summed E-state index contributed by atoms with van der Waals surface area (Å²) < 4.78 is 11.9. The van der Waals surface area contributed by atoms with Gasteiger partial charge >= 0.3 is 0 Å². The van der Waals surface area contributed by atoms with E-state index in [1.807, 2.05) is 54.8 Å². The van der Waals surface area contributed by atoms with E-state index in [1.54, 1.807) is 7.11 Å². The molecule has 0 aromatic heterocycles. The molecule has 1 saturated heterocycles. The number of nitrogens with zero attached hydrogens (tertiary/aromatic N) is 2. The first-order valence-electron chi connectivity index (χ1n) is 12.0. The molecule has 1 fully saturated rings. The van der Waals surface area contributed by atoms with Gasteiger partial charge in [0.05, 0.1) is 24.3 Å². The van der Waals surface area contributed by atoms with E-state index in [2.05, 4.69) is 22.0 Å². The molecule has 2 aromatic carbocycles. The summed E-state index contributed by atoms with van der Waals surface area (Å²) in [7, 11) is 1.71. The van der Waals surface area contributed by atoms with Crippen LogP contribution in [0, 0.1) is 5.92 Å². The monoisotopic (exact) mass is 478 g/mol. The molecule has 5 rings (SSSR count). The first kappa shape index (κ1) is 23.2. The predicted molar refractivity (Wildman–Crippen MR) is 137 cm³/mol. The summed E-state index contributed by atoms with van der Waals surface area (Å²) in [6.07, 6.45) is 10.8. The van der Waals surface area contributed by atoms with Gasteiger partial charge in [0.2, 0.25) is 0 Å². The Morgan fingerprint density at radius 1 is 1.21 bits per heavy atom. The Hall–Kier alpha value is -2.60. The van der Waals surface area contributed by atoms with Crippen molar-refractivity contribution >= 4 is 23.4 Å². The van der Waals surface area contributed by atoms with E-state index in [0.29, 0.717) is 11.6 Å². The van der Waals surface area contributed by atoms with E-state index in [0.717, 1.165) is 61.5 Å². The Kier molecular flexibility index (Phi) is 6.77. The minimum atomic E-state index is -0.775. The van der Waals surface area contributed by atoms with Gasteiger partial charge in [-0.1, -0.05) is 42.0 Å². The van der Waals surface area contributed by atoms with Gasteiger partial charge in [-0.15, -0.1) is 0 Å². The summed E-state index contributed by atoms with van der Waals surface area (Å²) >= 11 is 6.02.